The Morgan fingerprint density at radius 2 is 1.80 bits per heavy atom. The van der Waals surface area contributed by atoms with Gasteiger partial charge in [-0.25, -0.2) is 14.1 Å². The molecule has 0 atom stereocenters. The molecule has 0 saturated heterocycles. The Bertz CT molecular complexity index is 1110. The molecule has 0 aliphatic rings. The summed E-state index contributed by atoms with van der Waals surface area (Å²) in [4.78, 5) is 4.46. The summed E-state index contributed by atoms with van der Waals surface area (Å²) in [5.74, 6) is 1.88. The maximum Gasteiger partial charge on any atom is 0.290 e. The van der Waals surface area contributed by atoms with E-state index in [4.69, 9.17) is 4.42 Å². The number of rotatable bonds is 1. The molecule has 4 rings (SSSR count). The number of nitrogens with zero attached hydrogens (tertiary/aromatic N) is 3. The molecule has 0 aliphatic carbocycles. The van der Waals surface area contributed by atoms with Crippen LogP contribution < -0.4 is 4.57 Å². The van der Waals surface area contributed by atoms with Crippen LogP contribution in [0.2, 0.25) is 0 Å². The minimum Gasteiger partial charge on any atom is -0.441 e. The SMILES string of the molecule is Cc1nc2cc(C)c(-c3n(C(C)(C)C)c4ccccc4[n+]3C)cc2o1. The Hall–Kier alpha value is -2.62. The van der Waals surface area contributed by atoms with E-state index >= 15 is 0 Å². The third-order valence-electron chi connectivity index (χ3n) is 4.77. The average Bonchev–Trinajstić information content (AvgIpc) is 3.03. The molecular formula is C21H24N3O+. The Morgan fingerprint density at radius 3 is 2.52 bits per heavy atom. The van der Waals surface area contributed by atoms with E-state index in [-0.39, 0.29) is 5.54 Å². The number of fused-ring (bicyclic) bond motifs is 2. The summed E-state index contributed by atoms with van der Waals surface area (Å²) in [6.45, 7) is 10.8. The smallest absolute Gasteiger partial charge is 0.290 e. The zero-order valence-electron chi connectivity index (χ0n) is 15.7. The van der Waals surface area contributed by atoms with Crippen molar-refractivity contribution in [1.29, 1.82) is 0 Å². The van der Waals surface area contributed by atoms with E-state index in [0.717, 1.165) is 11.1 Å². The molecule has 0 bridgehead atoms. The van der Waals surface area contributed by atoms with E-state index in [0.29, 0.717) is 5.89 Å². The first-order chi connectivity index (χ1) is 11.8. The summed E-state index contributed by atoms with van der Waals surface area (Å²) in [6, 6.07) is 12.8. The lowest BCUT2D eigenvalue weighted by Gasteiger charge is -2.18. The van der Waals surface area contributed by atoms with Crippen LogP contribution in [0.3, 0.4) is 0 Å². The molecule has 0 saturated carbocycles. The summed E-state index contributed by atoms with van der Waals surface area (Å²) in [7, 11) is 2.13. The van der Waals surface area contributed by atoms with Gasteiger partial charge in [0.2, 0.25) is 0 Å². The molecule has 4 nitrogen and oxygen atoms in total. The minimum absolute atomic E-state index is 0.0467. The zero-order valence-corrected chi connectivity index (χ0v) is 15.7. The highest BCUT2D eigenvalue weighted by molar-refractivity contribution is 5.83. The van der Waals surface area contributed by atoms with Crippen LogP contribution in [-0.2, 0) is 12.6 Å². The van der Waals surface area contributed by atoms with Crippen LogP contribution >= 0.6 is 0 Å². The molecule has 2 aromatic carbocycles. The molecule has 0 fully saturated rings. The van der Waals surface area contributed by atoms with Crippen molar-refractivity contribution in [3.05, 3.63) is 47.9 Å². The van der Waals surface area contributed by atoms with Crippen molar-refractivity contribution in [2.24, 2.45) is 7.05 Å². The second-order valence-electron chi connectivity index (χ2n) is 7.75. The molecule has 0 spiro atoms. The first kappa shape index (κ1) is 15.9. The number of oxazole rings is 1. The van der Waals surface area contributed by atoms with E-state index in [1.165, 1.54) is 28.0 Å². The lowest BCUT2D eigenvalue weighted by atomic mass is 10.0. The summed E-state index contributed by atoms with van der Waals surface area (Å²) in [5, 5.41) is 0. The first-order valence-electron chi connectivity index (χ1n) is 8.65. The summed E-state index contributed by atoms with van der Waals surface area (Å²) in [5.41, 5.74) is 6.54. The Labute approximate surface area is 147 Å². The molecule has 4 aromatic rings. The van der Waals surface area contributed by atoms with Crippen LogP contribution in [0.1, 0.15) is 32.2 Å². The number of imidazole rings is 1. The molecule has 2 aromatic heterocycles. The minimum atomic E-state index is -0.0467. The van der Waals surface area contributed by atoms with Crippen molar-refractivity contribution in [2.75, 3.05) is 0 Å². The van der Waals surface area contributed by atoms with Gasteiger partial charge in [0, 0.05) is 6.92 Å². The van der Waals surface area contributed by atoms with Gasteiger partial charge in [-0.3, -0.25) is 0 Å². The van der Waals surface area contributed by atoms with E-state index < -0.39 is 0 Å². The molecule has 128 valence electrons. The van der Waals surface area contributed by atoms with Gasteiger partial charge in [-0.15, -0.1) is 0 Å². The molecule has 0 aliphatic heterocycles. The first-order valence-corrected chi connectivity index (χ1v) is 8.65. The normalized spacial score (nSPS) is 12.4. The number of aromatic nitrogens is 3. The molecule has 0 N–H and O–H groups in total. The van der Waals surface area contributed by atoms with Gasteiger partial charge in [0.1, 0.15) is 11.1 Å². The van der Waals surface area contributed by atoms with Crippen LogP contribution in [0.15, 0.2) is 40.8 Å². The zero-order chi connectivity index (χ0) is 17.9. The van der Waals surface area contributed by atoms with Gasteiger partial charge in [0.05, 0.1) is 12.6 Å². The van der Waals surface area contributed by atoms with Gasteiger partial charge in [-0.05, 0) is 57.5 Å². The second kappa shape index (κ2) is 5.19. The second-order valence-corrected chi connectivity index (χ2v) is 7.75. The summed E-state index contributed by atoms with van der Waals surface area (Å²) in [6.07, 6.45) is 0. The van der Waals surface area contributed by atoms with Crippen molar-refractivity contribution in [3.63, 3.8) is 0 Å². The molecule has 0 unspecified atom stereocenters. The van der Waals surface area contributed by atoms with Crippen molar-refractivity contribution in [3.8, 4) is 11.4 Å². The van der Waals surface area contributed by atoms with Crippen molar-refractivity contribution in [2.45, 2.75) is 40.2 Å². The fourth-order valence-corrected chi connectivity index (χ4v) is 3.73. The topological polar surface area (TPSA) is 34.8 Å². The largest absolute Gasteiger partial charge is 0.441 e. The number of hydrogen-bond donors (Lipinski definition) is 0. The van der Waals surface area contributed by atoms with E-state index in [1.54, 1.807) is 0 Å². The Kier molecular flexibility index (Phi) is 3.29. The molecule has 4 heteroatoms. The quantitative estimate of drug-likeness (QED) is 0.475. The fraction of sp³-hybridized carbons (Fsp3) is 0.333. The lowest BCUT2D eigenvalue weighted by molar-refractivity contribution is -0.634. The third-order valence-corrected chi connectivity index (χ3v) is 4.77. The van der Waals surface area contributed by atoms with E-state index in [9.17, 15) is 0 Å². The monoisotopic (exact) mass is 334 g/mol. The van der Waals surface area contributed by atoms with Crippen LogP contribution in [0.4, 0.5) is 0 Å². The van der Waals surface area contributed by atoms with Gasteiger partial charge < -0.3 is 4.42 Å². The van der Waals surface area contributed by atoms with E-state index in [1.807, 2.05) is 6.92 Å². The number of benzene rings is 2. The summed E-state index contributed by atoms with van der Waals surface area (Å²) >= 11 is 0. The average molecular weight is 334 g/mol. The Morgan fingerprint density at radius 1 is 1.08 bits per heavy atom. The van der Waals surface area contributed by atoms with Crippen molar-refractivity contribution >= 4 is 22.1 Å². The summed E-state index contributed by atoms with van der Waals surface area (Å²) < 4.78 is 10.5. The third kappa shape index (κ3) is 2.36. The number of hydrogen-bond acceptors (Lipinski definition) is 2. The van der Waals surface area contributed by atoms with Gasteiger partial charge in [-0.2, -0.15) is 0 Å². The predicted octanol–water partition coefficient (Wildman–Crippen LogP) is 4.65. The molecule has 0 amide bonds. The van der Waals surface area contributed by atoms with Gasteiger partial charge in [-0.1, -0.05) is 12.1 Å². The molecule has 2 heterocycles. The maximum absolute atomic E-state index is 5.79. The maximum atomic E-state index is 5.79. The Balaban J connectivity index is 2.14. The van der Waals surface area contributed by atoms with Gasteiger partial charge in [0.25, 0.3) is 5.82 Å². The highest BCUT2D eigenvalue weighted by atomic mass is 16.3. The van der Waals surface area contributed by atoms with Crippen LogP contribution in [0.5, 0.6) is 0 Å². The van der Waals surface area contributed by atoms with Gasteiger partial charge >= 0.3 is 0 Å². The number of para-hydroxylation sites is 2. The van der Waals surface area contributed by atoms with Crippen molar-refractivity contribution < 1.29 is 8.98 Å². The van der Waals surface area contributed by atoms with Crippen molar-refractivity contribution in [1.82, 2.24) is 9.55 Å². The fourth-order valence-electron chi connectivity index (χ4n) is 3.73. The van der Waals surface area contributed by atoms with Crippen LogP contribution in [0, 0.1) is 13.8 Å². The lowest BCUT2D eigenvalue weighted by Crippen LogP contribution is -2.33. The van der Waals surface area contributed by atoms with Crippen LogP contribution in [0.25, 0.3) is 33.5 Å². The molecule has 0 radical (unpaired) electrons. The van der Waals surface area contributed by atoms with Gasteiger partial charge in [0.15, 0.2) is 22.5 Å². The predicted molar refractivity (Wildman–Crippen MR) is 101 cm³/mol. The highest BCUT2D eigenvalue weighted by Crippen LogP contribution is 2.33. The number of aryl methyl sites for hydroxylation is 3. The van der Waals surface area contributed by atoms with Crippen LogP contribution in [-0.4, -0.2) is 9.55 Å². The van der Waals surface area contributed by atoms with E-state index in [2.05, 4.69) is 85.3 Å². The highest BCUT2D eigenvalue weighted by Gasteiger charge is 2.33. The molecular weight excluding hydrogens is 310 g/mol. The standard InChI is InChI=1S/C21H24N3O/c1-13-11-16-19(25-14(2)22-16)12-15(13)20-23(6)17-9-7-8-10-18(17)24(20)21(3,4)5/h7-12H,1-6H3/q+1. The molecule has 25 heavy (non-hydrogen) atoms.